The Morgan fingerprint density at radius 3 is 3.00 bits per heavy atom. The minimum atomic E-state index is -3.12. The Balaban J connectivity index is 3.39. The lowest BCUT2D eigenvalue weighted by Gasteiger charge is -2.00. The molecule has 0 fully saturated rings. The summed E-state index contributed by atoms with van der Waals surface area (Å²) >= 11 is 2.86. The van der Waals surface area contributed by atoms with E-state index in [1.165, 1.54) is 0 Å². The topological polar surface area (TPSA) is 9.23 Å². The molecule has 0 bridgehead atoms. The summed E-state index contributed by atoms with van der Waals surface area (Å²) in [5.41, 5.74) is 0. The van der Waals surface area contributed by atoms with Crippen molar-refractivity contribution in [2.75, 3.05) is 6.56 Å². The first-order valence-electron chi connectivity index (χ1n) is 6.85. The second kappa shape index (κ2) is 3.62. The molecule has 1 aromatic carbocycles. The third kappa shape index (κ3) is 2.03. The van der Waals surface area contributed by atoms with E-state index in [9.17, 15) is 0 Å². The molecular formula is C8H9BrO. The number of halogens is 1. The molecule has 0 N–H and O–H groups in total. The molecule has 10 heavy (non-hydrogen) atoms. The maximum absolute atomic E-state index is 7.56. The quantitative estimate of drug-likeness (QED) is 0.729. The SMILES string of the molecule is [2H]c1c([2H])c(OC([2H])([2H])C([2H])([2H])[2H])c([2H])c([2H])c1Br. The zero-order valence-corrected chi connectivity index (χ0v) is 6.37. The minimum absolute atomic E-state index is 0.107. The van der Waals surface area contributed by atoms with E-state index in [2.05, 4.69) is 20.7 Å². The molecule has 1 aromatic rings. The van der Waals surface area contributed by atoms with E-state index in [1.54, 1.807) is 0 Å². The van der Waals surface area contributed by atoms with Crippen LogP contribution in [0.4, 0.5) is 0 Å². The van der Waals surface area contributed by atoms with E-state index >= 15 is 0 Å². The number of hydrogen-bond donors (Lipinski definition) is 0. The molecule has 2 heteroatoms. The van der Waals surface area contributed by atoms with Crippen LogP contribution in [0, 0.1) is 0 Å². The third-order valence-electron chi connectivity index (χ3n) is 0.725. The summed E-state index contributed by atoms with van der Waals surface area (Å²) in [4.78, 5) is 0. The highest BCUT2D eigenvalue weighted by atomic mass is 79.9. The number of ether oxygens (including phenoxy) is 1. The normalized spacial score (nSPS) is 25.1. The highest BCUT2D eigenvalue weighted by Gasteiger charge is 1.88. The summed E-state index contributed by atoms with van der Waals surface area (Å²) in [5, 5.41) is 0. The van der Waals surface area contributed by atoms with Gasteiger partial charge in [0.1, 0.15) is 5.75 Å². The van der Waals surface area contributed by atoms with Gasteiger partial charge >= 0.3 is 0 Å². The van der Waals surface area contributed by atoms with E-state index in [1.807, 2.05) is 0 Å². The molecule has 0 aliphatic carbocycles. The first kappa shape index (κ1) is 2.01. The predicted molar refractivity (Wildman–Crippen MR) is 45.3 cm³/mol. The summed E-state index contributed by atoms with van der Waals surface area (Å²) in [6, 6.07) is -2.25. The summed E-state index contributed by atoms with van der Waals surface area (Å²) in [6.45, 7) is -6.24. The van der Waals surface area contributed by atoms with Gasteiger partial charge in [-0.1, -0.05) is 15.9 Å². The van der Waals surface area contributed by atoms with Crippen molar-refractivity contribution >= 4 is 15.9 Å². The Morgan fingerprint density at radius 2 is 2.40 bits per heavy atom. The van der Waals surface area contributed by atoms with Crippen LogP contribution < -0.4 is 4.74 Å². The van der Waals surface area contributed by atoms with E-state index in [0.717, 1.165) is 0 Å². The van der Waals surface area contributed by atoms with Crippen LogP contribution in [0.15, 0.2) is 28.6 Å². The van der Waals surface area contributed by atoms with Crippen molar-refractivity contribution in [1.29, 1.82) is 0 Å². The van der Waals surface area contributed by atoms with Crippen molar-refractivity contribution in [2.45, 2.75) is 6.85 Å². The second-order valence-corrected chi connectivity index (χ2v) is 2.14. The summed E-state index contributed by atoms with van der Waals surface area (Å²) in [7, 11) is 0. The van der Waals surface area contributed by atoms with Crippen LogP contribution in [-0.4, -0.2) is 6.56 Å². The summed E-state index contributed by atoms with van der Waals surface area (Å²) < 4.78 is 70.1. The molecule has 0 aliphatic rings. The maximum atomic E-state index is 7.56. The van der Waals surface area contributed by atoms with Crippen molar-refractivity contribution in [1.82, 2.24) is 0 Å². The Labute approximate surface area is 81.8 Å². The van der Waals surface area contributed by atoms with Crippen molar-refractivity contribution in [3.63, 3.8) is 0 Å². The molecule has 54 valence electrons. The molecule has 1 nitrogen and oxygen atoms in total. The zero-order valence-electron chi connectivity index (χ0n) is 13.8. The molecular weight excluding hydrogens is 192 g/mol. The molecule has 1 rings (SSSR count). The van der Waals surface area contributed by atoms with Gasteiger partial charge in [0.05, 0.1) is 14.8 Å². The molecule has 0 spiro atoms. The van der Waals surface area contributed by atoms with E-state index < -0.39 is 43.3 Å². The first-order chi connectivity index (χ1) is 8.40. The van der Waals surface area contributed by atoms with Gasteiger partial charge in [-0.15, -0.1) is 0 Å². The molecule has 0 saturated heterocycles. The number of benzene rings is 1. The molecule has 0 aromatic heterocycles. The Bertz CT molecular complexity index is 481. The van der Waals surface area contributed by atoms with Crippen LogP contribution in [0.25, 0.3) is 0 Å². The monoisotopic (exact) mass is 209 g/mol. The predicted octanol–water partition coefficient (Wildman–Crippen LogP) is 2.85. The third-order valence-corrected chi connectivity index (χ3v) is 1.12. The fraction of sp³-hybridized carbons (Fsp3) is 0.250. The fourth-order valence-corrected chi connectivity index (χ4v) is 0.586. The molecule has 0 radical (unpaired) electrons. The highest BCUT2D eigenvalue weighted by Crippen LogP contribution is 2.15. The van der Waals surface area contributed by atoms with E-state index in [4.69, 9.17) is 12.3 Å². The van der Waals surface area contributed by atoms with Crippen molar-refractivity contribution < 1.29 is 17.1 Å². The number of rotatable bonds is 2. The first-order valence-corrected chi connectivity index (χ1v) is 3.14. The van der Waals surface area contributed by atoms with Crippen LogP contribution in [0.1, 0.15) is 19.2 Å². The van der Waals surface area contributed by atoms with Crippen LogP contribution in [-0.2, 0) is 0 Å². The van der Waals surface area contributed by atoms with Gasteiger partial charge in [-0.25, -0.2) is 0 Å². The lowest BCUT2D eigenvalue weighted by Crippen LogP contribution is -1.89. The lowest BCUT2D eigenvalue weighted by atomic mass is 10.3. The standard InChI is InChI=1S/C8H9BrO/c1-2-10-8-5-3-7(9)4-6-8/h3-6H,2H2,1H3/i1D3,2D2,3D,4D,5D,6D. The molecule has 0 heterocycles. The van der Waals surface area contributed by atoms with Crippen molar-refractivity contribution in [3.8, 4) is 5.75 Å². The molecule has 0 unspecified atom stereocenters. The maximum Gasteiger partial charge on any atom is 0.119 e. The van der Waals surface area contributed by atoms with Crippen molar-refractivity contribution in [2.24, 2.45) is 0 Å². The van der Waals surface area contributed by atoms with E-state index in [0.29, 0.717) is 0 Å². The van der Waals surface area contributed by atoms with Gasteiger partial charge in [0.2, 0.25) is 0 Å². The van der Waals surface area contributed by atoms with Gasteiger partial charge in [0, 0.05) is 8.58 Å². The molecule has 0 amide bonds. The average Bonchev–Trinajstić information content (AvgIpc) is 2.28. The fourth-order valence-electron chi connectivity index (χ4n) is 0.388. The average molecular weight is 210 g/mol. The smallest absolute Gasteiger partial charge is 0.119 e. The lowest BCUT2D eigenvalue weighted by molar-refractivity contribution is 0.340. The van der Waals surface area contributed by atoms with Gasteiger partial charge in [-0.3, -0.25) is 0 Å². The Kier molecular flexibility index (Phi) is 0.725. The van der Waals surface area contributed by atoms with Gasteiger partial charge in [-0.2, -0.15) is 0 Å². The molecule has 0 atom stereocenters. The zero-order chi connectivity index (χ0) is 15.2. The van der Waals surface area contributed by atoms with Crippen LogP contribution >= 0.6 is 15.9 Å². The molecule has 0 saturated carbocycles. The highest BCUT2D eigenvalue weighted by molar-refractivity contribution is 9.10. The summed E-state index contributed by atoms with van der Waals surface area (Å²) in [5.74, 6) is -0.737. The van der Waals surface area contributed by atoms with Gasteiger partial charge in [0.15, 0.2) is 0 Å². The molecule has 0 aliphatic heterocycles. The van der Waals surface area contributed by atoms with Gasteiger partial charge < -0.3 is 4.74 Å². The van der Waals surface area contributed by atoms with Crippen molar-refractivity contribution in [3.05, 3.63) is 28.6 Å². The Hall–Kier alpha value is -0.500. The van der Waals surface area contributed by atoms with Gasteiger partial charge in [0.25, 0.3) is 0 Å². The second-order valence-electron chi connectivity index (χ2n) is 1.35. The summed E-state index contributed by atoms with van der Waals surface area (Å²) in [6.07, 6.45) is 0. The van der Waals surface area contributed by atoms with Crippen LogP contribution in [0.3, 0.4) is 0 Å². The largest absolute Gasteiger partial charge is 0.494 e. The van der Waals surface area contributed by atoms with E-state index in [-0.39, 0.29) is 4.47 Å². The number of hydrogen-bond acceptors (Lipinski definition) is 1. The Morgan fingerprint density at radius 1 is 1.70 bits per heavy atom. The van der Waals surface area contributed by atoms with Gasteiger partial charge in [-0.05, 0) is 31.0 Å². The van der Waals surface area contributed by atoms with Crippen LogP contribution in [0.5, 0.6) is 5.75 Å². The minimum Gasteiger partial charge on any atom is -0.494 e. The van der Waals surface area contributed by atoms with Crippen LogP contribution in [0.2, 0.25) is 0 Å².